The van der Waals surface area contributed by atoms with Gasteiger partial charge in [-0.3, -0.25) is 4.79 Å². The first-order valence-corrected chi connectivity index (χ1v) is 6.85. The zero-order valence-electron chi connectivity index (χ0n) is 11.2. The molecule has 5 nitrogen and oxygen atoms in total. The third kappa shape index (κ3) is 2.32. The first-order chi connectivity index (χ1) is 9.65. The summed E-state index contributed by atoms with van der Waals surface area (Å²) in [5.74, 6) is 0.360. The van der Waals surface area contributed by atoms with E-state index >= 15 is 0 Å². The fraction of sp³-hybridized carbons (Fsp3) is 0.333. The average Bonchev–Trinajstić information content (AvgIpc) is 2.46. The van der Waals surface area contributed by atoms with Crippen LogP contribution >= 0.6 is 0 Å². The molecule has 2 heterocycles. The van der Waals surface area contributed by atoms with Gasteiger partial charge in [-0.15, -0.1) is 0 Å². The second kappa shape index (κ2) is 5.09. The van der Waals surface area contributed by atoms with Crippen molar-refractivity contribution < 1.29 is 4.79 Å². The molecule has 1 aromatic carbocycles. The average molecular weight is 270 g/mol. The number of aromatic nitrogens is 1. The van der Waals surface area contributed by atoms with Crippen LogP contribution in [-0.4, -0.2) is 30.0 Å². The number of nitrogens with zero attached hydrogens (tertiary/aromatic N) is 2. The van der Waals surface area contributed by atoms with E-state index in [-0.39, 0.29) is 6.04 Å². The smallest absolute Gasteiger partial charge is 0.249 e. The lowest BCUT2D eigenvalue weighted by Crippen LogP contribution is -2.43. The van der Waals surface area contributed by atoms with Crippen molar-refractivity contribution in [1.82, 2.24) is 4.98 Å². The molecule has 1 fully saturated rings. The topological polar surface area (TPSA) is 85.2 Å². The third-order valence-electron chi connectivity index (χ3n) is 3.75. The van der Waals surface area contributed by atoms with Gasteiger partial charge >= 0.3 is 0 Å². The molecule has 3 rings (SSSR count). The van der Waals surface area contributed by atoms with E-state index in [1.54, 1.807) is 6.07 Å². The summed E-state index contributed by atoms with van der Waals surface area (Å²) >= 11 is 0. The second-order valence-corrected chi connectivity index (χ2v) is 5.26. The van der Waals surface area contributed by atoms with Crippen LogP contribution in [0, 0.1) is 0 Å². The molecule has 0 bridgehead atoms. The highest BCUT2D eigenvalue weighted by molar-refractivity contribution is 6.06. The summed E-state index contributed by atoms with van der Waals surface area (Å²) in [7, 11) is 0. The van der Waals surface area contributed by atoms with Gasteiger partial charge in [0.15, 0.2) is 0 Å². The summed E-state index contributed by atoms with van der Waals surface area (Å²) in [6.07, 6.45) is 2.08. The Balaban J connectivity index is 2.09. The summed E-state index contributed by atoms with van der Waals surface area (Å²) in [5, 5.41) is 0.796. The van der Waals surface area contributed by atoms with Gasteiger partial charge in [-0.05, 0) is 25.0 Å². The Hall–Kier alpha value is -2.14. The number of pyridine rings is 1. The molecule has 0 radical (unpaired) electrons. The second-order valence-electron chi connectivity index (χ2n) is 5.26. The molecule has 20 heavy (non-hydrogen) atoms. The van der Waals surface area contributed by atoms with Crippen LogP contribution in [0.2, 0.25) is 0 Å². The highest BCUT2D eigenvalue weighted by Gasteiger charge is 2.20. The Morgan fingerprint density at radius 2 is 2.15 bits per heavy atom. The van der Waals surface area contributed by atoms with E-state index in [0.29, 0.717) is 5.56 Å². The minimum atomic E-state index is -0.425. The zero-order valence-corrected chi connectivity index (χ0v) is 11.2. The van der Waals surface area contributed by atoms with Crippen LogP contribution in [0.1, 0.15) is 23.2 Å². The van der Waals surface area contributed by atoms with Gasteiger partial charge < -0.3 is 16.4 Å². The molecule has 0 aliphatic carbocycles. The molecule has 4 N–H and O–H groups in total. The van der Waals surface area contributed by atoms with Crippen molar-refractivity contribution in [2.45, 2.75) is 18.9 Å². The number of nitrogens with two attached hydrogens (primary N) is 2. The van der Waals surface area contributed by atoms with E-state index in [4.69, 9.17) is 11.5 Å². The lowest BCUT2D eigenvalue weighted by Gasteiger charge is -2.32. The van der Waals surface area contributed by atoms with Crippen molar-refractivity contribution in [2.75, 3.05) is 18.0 Å². The number of fused-ring (bicyclic) bond motifs is 1. The zero-order chi connectivity index (χ0) is 14.1. The lowest BCUT2D eigenvalue weighted by atomic mass is 10.1. The number of hydrogen-bond donors (Lipinski definition) is 2. The van der Waals surface area contributed by atoms with Gasteiger partial charge in [0.1, 0.15) is 5.82 Å². The highest BCUT2D eigenvalue weighted by atomic mass is 16.1. The summed E-state index contributed by atoms with van der Waals surface area (Å²) in [4.78, 5) is 18.4. The molecule has 0 unspecified atom stereocenters. The fourth-order valence-electron chi connectivity index (χ4n) is 2.75. The van der Waals surface area contributed by atoms with Crippen molar-refractivity contribution in [3.05, 3.63) is 35.9 Å². The Bertz CT molecular complexity index is 655. The number of rotatable bonds is 2. The monoisotopic (exact) mass is 270 g/mol. The quantitative estimate of drug-likeness (QED) is 0.860. The lowest BCUT2D eigenvalue weighted by molar-refractivity contribution is 0.100. The van der Waals surface area contributed by atoms with Crippen LogP contribution < -0.4 is 16.4 Å². The minimum absolute atomic E-state index is 0.161. The van der Waals surface area contributed by atoms with Crippen molar-refractivity contribution >= 4 is 22.6 Å². The van der Waals surface area contributed by atoms with Gasteiger partial charge in [-0.25, -0.2) is 4.98 Å². The van der Waals surface area contributed by atoms with Crippen molar-refractivity contribution in [1.29, 1.82) is 0 Å². The number of anilines is 1. The third-order valence-corrected chi connectivity index (χ3v) is 3.75. The number of benzene rings is 1. The van der Waals surface area contributed by atoms with Crippen LogP contribution in [-0.2, 0) is 0 Å². The summed E-state index contributed by atoms with van der Waals surface area (Å²) in [5.41, 5.74) is 12.8. The summed E-state index contributed by atoms with van der Waals surface area (Å²) < 4.78 is 0. The number of carbonyl (C=O) groups excluding carboxylic acids is 1. The molecule has 1 aliphatic rings. The Morgan fingerprint density at radius 1 is 1.35 bits per heavy atom. The number of primary amides is 1. The number of para-hydroxylation sites is 1. The van der Waals surface area contributed by atoms with E-state index in [1.165, 1.54) is 0 Å². The molecule has 1 saturated heterocycles. The molecule has 1 aliphatic heterocycles. The van der Waals surface area contributed by atoms with Crippen molar-refractivity contribution in [3.8, 4) is 0 Å². The largest absolute Gasteiger partial charge is 0.366 e. The van der Waals surface area contributed by atoms with Crippen LogP contribution in [0.5, 0.6) is 0 Å². The molecular weight excluding hydrogens is 252 g/mol. The van der Waals surface area contributed by atoms with E-state index < -0.39 is 5.91 Å². The summed E-state index contributed by atoms with van der Waals surface area (Å²) in [6.45, 7) is 1.68. The minimum Gasteiger partial charge on any atom is -0.366 e. The number of amides is 1. The van der Waals surface area contributed by atoms with Gasteiger partial charge in [0.25, 0.3) is 0 Å². The van der Waals surface area contributed by atoms with E-state index in [1.807, 2.05) is 24.3 Å². The maximum Gasteiger partial charge on any atom is 0.249 e. The van der Waals surface area contributed by atoms with Gasteiger partial charge in [0.2, 0.25) is 5.91 Å². The molecule has 2 aromatic rings. The van der Waals surface area contributed by atoms with Gasteiger partial charge in [0, 0.05) is 24.5 Å². The van der Waals surface area contributed by atoms with E-state index in [2.05, 4.69) is 9.88 Å². The summed E-state index contributed by atoms with van der Waals surface area (Å²) in [6, 6.07) is 9.50. The maximum absolute atomic E-state index is 11.7. The van der Waals surface area contributed by atoms with Crippen LogP contribution in [0.3, 0.4) is 0 Å². The van der Waals surface area contributed by atoms with Crippen LogP contribution in [0.25, 0.3) is 10.9 Å². The molecule has 0 saturated carbocycles. The van der Waals surface area contributed by atoms with Gasteiger partial charge in [-0.2, -0.15) is 0 Å². The standard InChI is InChI=1S/C15H18N4O/c16-10-4-3-7-19(9-10)14-8-12(15(17)20)11-5-1-2-6-13(11)18-14/h1-2,5-6,8,10H,3-4,7,9,16H2,(H2,17,20)/t10-/m1/s1. The van der Waals surface area contributed by atoms with E-state index in [9.17, 15) is 4.79 Å². The first-order valence-electron chi connectivity index (χ1n) is 6.85. The SMILES string of the molecule is NC(=O)c1cc(N2CCC[C@@H](N)C2)nc2ccccc12. The molecule has 1 atom stereocenters. The van der Waals surface area contributed by atoms with Crippen LogP contribution in [0.15, 0.2) is 30.3 Å². The Morgan fingerprint density at radius 3 is 2.90 bits per heavy atom. The Kier molecular flexibility index (Phi) is 3.28. The molecule has 104 valence electrons. The molecule has 1 aromatic heterocycles. The predicted octanol–water partition coefficient (Wildman–Crippen LogP) is 1.26. The van der Waals surface area contributed by atoms with E-state index in [0.717, 1.165) is 42.7 Å². The van der Waals surface area contributed by atoms with Gasteiger partial charge in [-0.1, -0.05) is 18.2 Å². The van der Waals surface area contributed by atoms with Crippen molar-refractivity contribution in [3.63, 3.8) is 0 Å². The molecule has 1 amide bonds. The first kappa shape index (κ1) is 12.9. The normalized spacial score (nSPS) is 19.2. The fourth-order valence-corrected chi connectivity index (χ4v) is 2.75. The number of hydrogen-bond acceptors (Lipinski definition) is 4. The van der Waals surface area contributed by atoms with Gasteiger partial charge in [0.05, 0.1) is 11.1 Å². The maximum atomic E-state index is 11.7. The number of carbonyl (C=O) groups is 1. The van der Waals surface area contributed by atoms with Crippen molar-refractivity contribution in [2.24, 2.45) is 11.5 Å². The number of piperidine rings is 1. The Labute approximate surface area is 117 Å². The molecule has 0 spiro atoms. The predicted molar refractivity (Wildman–Crippen MR) is 79.7 cm³/mol. The molecular formula is C15H18N4O. The van der Waals surface area contributed by atoms with Crippen LogP contribution in [0.4, 0.5) is 5.82 Å². The highest BCUT2D eigenvalue weighted by Crippen LogP contribution is 2.24. The molecule has 5 heteroatoms.